The number of aromatic nitrogens is 1. The van der Waals surface area contributed by atoms with Crippen molar-refractivity contribution in [2.24, 2.45) is 0 Å². The average Bonchev–Trinajstić information content (AvgIpc) is 2.99. The molecule has 0 atom stereocenters. The number of nitrogens with zero attached hydrogens (tertiary/aromatic N) is 1. The summed E-state index contributed by atoms with van der Waals surface area (Å²) in [6.45, 7) is 0. The molecule has 1 aromatic heterocycles. The molecule has 6 nitrogen and oxygen atoms in total. The molecule has 9 heteroatoms. The summed E-state index contributed by atoms with van der Waals surface area (Å²) < 4.78 is 4.45. The molecule has 0 aliphatic carbocycles. The number of rotatable bonds is 3. The average molecular weight is 427 g/mol. The summed E-state index contributed by atoms with van der Waals surface area (Å²) >= 11 is 16.5. The highest BCUT2D eigenvalue weighted by Crippen LogP contribution is 2.28. The van der Waals surface area contributed by atoms with Crippen LogP contribution in [0.4, 0.5) is 0 Å². The summed E-state index contributed by atoms with van der Waals surface area (Å²) in [4.78, 5) is 24.4. The van der Waals surface area contributed by atoms with Gasteiger partial charge in [-0.05, 0) is 12.1 Å². The van der Waals surface area contributed by atoms with Crippen LogP contribution in [0, 0.1) is 0 Å². The molecule has 0 saturated heterocycles. The molecule has 2 aromatic carbocycles. The smallest absolute Gasteiger partial charge is 0.390 e. The van der Waals surface area contributed by atoms with Crippen LogP contribution in [0.15, 0.2) is 65.1 Å². The van der Waals surface area contributed by atoms with Crippen molar-refractivity contribution in [2.75, 3.05) is 0 Å². The highest BCUT2D eigenvalue weighted by molar-refractivity contribution is 6.76. The summed E-state index contributed by atoms with van der Waals surface area (Å²) in [5.41, 5.74) is 0.804. The maximum atomic E-state index is 12.6. The van der Waals surface area contributed by atoms with E-state index in [1.165, 1.54) is 4.57 Å². The Hall–Kier alpha value is -2.54. The first-order chi connectivity index (χ1) is 12.8. The van der Waals surface area contributed by atoms with Gasteiger partial charge in [-0.25, -0.2) is 0 Å². The number of hydrogen-bond acceptors (Lipinski definition) is 4. The first-order valence-electron chi connectivity index (χ1n) is 7.60. The SMILES string of the molecule is O=C(NC(=O)C(Cl)(Cl)Cl)c1c(O)oc(-c2ccccc2)[n+]1-c1ccccc1. The number of carbonyl (C=O) groups excluding carboxylic acids is 2. The van der Waals surface area contributed by atoms with Gasteiger partial charge in [0.25, 0.3) is 9.70 Å². The second-order valence-corrected chi connectivity index (χ2v) is 7.66. The van der Waals surface area contributed by atoms with Crippen LogP contribution in [0.5, 0.6) is 5.95 Å². The van der Waals surface area contributed by atoms with Gasteiger partial charge in [-0.1, -0.05) is 71.2 Å². The van der Waals surface area contributed by atoms with E-state index in [4.69, 9.17) is 39.2 Å². The first-order valence-corrected chi connectivity index (χ1v) is 8.73. The van der Waals surface area contributed by atoms with Gasteiger partial charge in [-0.15, -0.1) is 4.57 Å². The van der Waals surface area contributed by atoms with Gasteiger partial charge in [0.2, 0.25) is 5.69 Å². The van der Waals surface area contributed by atoms with Crippen molar-refractivity contribution in [3.8, 4) is 23.1 Å². The van der Waals surface area contributed by atoms with E-state index < -0.39 is 21.6 Å². The molecule has 0 bridgehead atoms. The zero-order chi connectivity index (χ0) is 19.6. The number of alkyl halides is 3. The van der Waals surface area contributed by atoms with Crippen molar-refractivity contribution in [2.45, 2.75) is 3.79 Å². The highest BCUT2D eigenvalue weighted by Gasteiger charge is 2.40. The van der Waals surface area contributed by atoms with Crippen LogP contribution in [-0.4, -0.2) is 20.7 Å². The van der Waals surface area contributed by atoms with E-state index in [9.17, 15) is 14.7 Å². The van der Waals surface area contributed by atoms with Gasteiger partial charge in [0, 0.05) is 12.1 Å². The van der Waals surface area contributed by atoms with Crippen LogP contribution in [-0.2, 0) is 4.79 Å². The predicted octanol–water partition coefficient (Wildman–Crippen LogP) is 3.56. The summed E-state index contributed by atoms with van der Waals surface area (Å²) in [6.07, 6.45) is 0. The number of oxazole rings is 1. The fourth-order valence-corrected chi connectivity index (χ4v) is 2.55. The van der Waals surface area contributed by atoms with Gasteiger partial charge in [-0.3, -0.25) is 14.9 Å². The first kappa shape index (κ1) is 19.2. The molecule has 0 aliphatic heterocycles. The third-order valence-corrected chi connectivity index (χ3v) is 4.07. The van der Waals surface area contributed by atoms with Crippen LogP contribution < -0.4 is 9.88 Å². The number of para-hydroxylation sites is 1. The number of benzene rings is 2. The maximum absolute atomic E-state index is 12.6. The van der Waals surface area contributed by atoms with E-state index in [0.717, 1.165) is 0 Å². The van der Waals surface area contributed by atoms with Crippen molar-refractivity contribution in [3.63, 3.8) is 0 Å². The van der Waals surface area contributed by atoms with Gasteiger partial charge in [0.1, 0.15) is 0 Å². The molecule has 3 rings (SSSR count). The van der Waals surface area contributed by atoms with Crippen LogP contribution in [0.3, 0.4) is 0 Å². The molecule has 0 radical (unpaired) electrons. The normalized spacial score (nSPS) is 11.2. The largest absolute Gasteiger partial charge is 0.476 e. The molecular weight excluding hydrogens is 415 g/mol. The van der Waals surface area contributed by atoms with E-state index in [0.29, 0.717) is 11.3 Å². The molecule has 0 unspecified atom stereocenters. The topological polar surface area (TPSA) is 83.4 Å². The predicted molar refractivity (Wildman–Crippen MR) is 100 cm³/mol. The Kier molecular flexibility index (Phi) is 5.41. The number of amides is 2. The van der Waals surface area contributed by atoms with Gasteiger partial charge in [-0.2, -0.15) is 0 Å². The van der Waals surface area contributed by atoms with Gasteiger partial charge in [0.05, 0.1) is 5.56 Å². The van der Waals surface area contributed by atoms with Crippen LogP contribution in [0.2, 0.25) is 0 Å². The Morgan fingerprint density at radius 2 is 1.52 bits per heavy atom. The molecule has 0 aliphatic rings. The lowest BCUT2D eigenvalue weighted by Gasteiger charge is -2.08. The second-order valence-electron chi connectivity index (χ2n) is 5.38. The van der Waals surface area contributed by atoms with Crippen molar-refractivity contribution < 1.29 is 23.7 Å². The summed E-state index contributed by atoms with van der Waals surface area (Å²) in [6, 6.07) is 17.5. The van der Waals surface area contributed by atoms with E-state index in [-0.39, 0.29) is 11.6 Å². The number of imide groups is 1. The van der Waals surface area contributed by atoms with Gasteiger partial charge < -0.3 is 9.52 Å². The Morgan fingerprint density at radius 3 is 2.07 bits per heavy atom. The van der Waals surface area contributed by atoms with E-state index in [1.54, 1.807) is 54.6 Å². The Morgan fingerprint density at radius 1 is 0.963 bits per heavy atom. The molecule has 2 amide bonds. The third-order valence-electron chi connectivity index (χ3n) is 3.56. The minimum atomic E-state index is -2.34. The summed E-state index contributed by atoms with van der Waals surface area (Å²) in [5, 5.41) is 12.2. The van der Waals surface area contributed by atoms with Crippen molar-refractivity contribution in [1.29, 1.82) is 0 Å². The van der Waals surface area contributed by atoms with Crippen molar-refractivity contribution in [1.82, 2.24) is 5.32 Å². The maximum Gasteiger partial charge on any atom is 0.390 e. The minimum Gasteiger partial charge on any atom is -0.476 e. The van der Waals surface area contributed by atoms with E-state index in [1.807, 2.05) is 11.4 Å². The molecule has 27 heavy (non-hydrogen) atoms. The van der Waals surface area contributed by atoms with Crippen LogP contribution in [0.25, 0.3) is 17.1 Å². The number of hydrogen-bond donors (Lipinski definition) is 2. The van der Waals surface area contributed by atoms with Crippen molar-refractivity contribution in [3.05, 3.63) is 66.4 Å². The summed E-state index contributed by atoms with van der Waals surface area (Å²) in [7, 11) is 0. The summed E-state index contributed by atoms with van der Waals surface area (Å²) in [5.74, 6) is -2.64. The lowest BCUT2D eigenvalue weighted by Crippen LogP contribution is -2.45. The standard InChI is InChI=1S/C18H11Cl3N2O4/c19-18(20,21)17(26)22-14(24)13-16(25)27-15(11-7-3-1-4-8-11)23(13)12-9-5-2-6-10-12/h1-10H,(H-,22,24,25,26)/p+1. The Balaban J connectivity index is 2.16. The quantitative estimate of drug-likeness (QED) is 0.495. The molecule has 3 aromatic rings. The molecule has 138 valence electrons. The third kappa shape index (κ3) is 4.08. The monoisotopic (exact) mass is 425 g/mol. The van der Waals surface area contributed by atoms with E-state index in [2.05, 4.69) is 0 Å². The molecule has 0 saturated carbocycles. The number of nitrogens with one attached hydrogen (secondary N) is 1. The molecule has 0 spiro atoms. The fourth-order valence-electron chi connectivity index (χ4n) is 2.41. The number of aromatic hydroxyl groups is 1. The van der Waals surface area contributed by atoms with Gasteiger partial charge in [0.15, 0.2) is 0 Å². The van der Waals surface area contributed by atoms with Crippen LogP contribution in [0.1, 0.15) is 10.5 Å². The minimum absolute atomic E-state index is 0.186. The lowest BCUT2D eigenvalue weighted by atomic mass is 10.2. The Bertz CT molecular complexity index is 983. The van der Waals surface area contributed by atoms with Crippen LogP contribution >= 0.6 is 34.8 Å². The molecule has 2 N–H and O–H groups in total. The van der Waals surface area contributed by atoms with E-state index >= 15 is 0 Å². The zero-order valence-corrected chi connectivity index (χ0v) is 15.8. The number of carbonyl (C=O) groups is 2. The molecular formula is C18H12Cl3N2O4+. The Labute approximate surface area is 168 Å². The zero-order valence-electron chi connectivity index (χ0n) is 13.5. The lowest BCUT2D eigenvalue weighted by molar-refractivity contribution is -0.589. The number of halogens is 3. The molecule has 0 fully saturated rings. The second kappa shape index (κ2) is 7.60. The van der Waals surface area contributed by atoms with Crippen molar-refractivity contribution >= 4 is 46.6 Å². The fraction of sp³-hybridized carbons (Fsp3) is 0.0556. The highest BCUT2D eigenvalue weighted by atomic mass is 35.6. The molecule has 1 heterocycles. The van der Waals surface area contributed by atoms with Gasteiger partial charge >= 0.3 is 23.4 Å².